The minimum absolute atomic E-state index is 0.192. The number of hydrogen-bond acceptors (Lipinski definition) is 6. The van der Waals surface area contributed by atoms with E-state index in [0.717, 1.165) is 55.6 Å². The summed E-state index contributed by atoms with van der Waals surface area (Å²) in [6.45, 7) is 5.04. The molecule has 2 aliphatic carbocycles. The maximum Gasteiger partial charge on any atom is 0.237 e. The van der Waals surface area contributed by atoms with E-state index in [0.29, 0.717) is 25.0 Å². The van der Waals surface area contributed by atoms with Crippen molar-refractivity contribution in [2.45, 2.75) is 56.6 Å². The zero-order valence-electron chi connectivity index (χ0n) is 18.7. The van der Waals surface area contributed by atoms with Gasteiger partial charge < -0.3 is 14.5 Å². The van der Waals surface area contributed by atoms with Crippen LogP contribution in [-0.4, -0.2) is 63.7 Å². The Labute approximate surface area is 193 Å². The SMILES string of the molecule is Cc1ccc(-n2c(SCC(=O)N(C3=CCCCC3)C3CC3)nnc2N2CCOCC2)cc1. The first-order chi connectivity index (χ1) is 15.7. The molecule has 1 saturated heterocycles. The number of ether oxygens (including phenoxy) is 1. The molecule has 3 aliphatic rings. The van der Waals surface area contributed by atoms with Crippen molar-refractivity contribution in [2.75, 3.05) is 37.0 Å². The number of nitrogens with zero attached hydrogens (tertiary/aromatic N) is 5. The van der Waals surface area contributed by atoms with Gasteiger partial charge in [-0.15, -0.1) is 10.2 Å². The molecule has 1 amide bonds. The Morgan fingerprint density at radius 1 is 1.16 bits per heavy atom. The molecule has 2 heterocycles. The molecule has 8 heteroatoms. The predicted octanol–water partition coefficient (Wildman–Crippen LogP) is 3.95. The van der Waals surface area contributed by atoms with Crippen LogP contribution in [0, 0.1) is 6.92 Å². The lowest BCUT2D eigenvalue weighted by molar-refractivity contribution is -0.127. The maximum absolute atomic E-state index is 13.3. The summed E-state index contributed by atoms with van der Waals surface area (Å²) in [7, 11) is 0. The van der Waals surface area contributed by atoms with Crippen molar-refractivity contribution in [3.63, 3.8) is 0 Å². The first-order valence-corrected chi connectivity index (χ1v) is 12.7. The van der Waals surface area contributed by atoms with Crippen LogP contribution in [-0.2, 0) is 9.53 Å². The van der Waals surface area contributed by atoms with Gasteiger partial charge in [-0.3, -0.25) is 9.36 Å². The fraction of sp³-hybridized carbons (Fsp3) is 0.542. The smallest absolute Gasteiger partial charge is 0.237 e. The summed E-state index contributed by atoms with van der Waals surface area (Å²) in [6, 6.07) is 8.78. The highest BCUT2D eigenvalue weighted by Crippen LogP contribution is 2.35. The monoisotopic (exact) mass is 453 g/mol. The van der Waals surface area contributed by atoms with Gasteiger partial charge in [-0.1, -0.05) is 35.5 Å². The number of morpholine rings is 1. The van der Waals surface area contributed by atoms with E-state index in [-0.39, 0.29) is 5.91 Å². The summed E-state index contributed by atoms with van der Waals surface area (Å²) in [4.78, 5) is 17.6. The fourth-order valence-corrected chi connectivity index (χ4v) is 5.22. The molecule has 0 unspecified atom stereocenters. The molecule has 1 aromatic carbocycles. The van der Waals surface area contributed by atoms with Crippen molar-refractivity contribution >= 4 is 23.6 Å². The van der Waals surface area contributed by atoms with Crippen LogP contribution in [0.15, 0.2) is 41.2 Å². The lowest BCUT2D eigenvalue weighted by Crippen LogP contribution is -2.38. The van der Waals surface area contributed by atoms with Gasteiger partial charge in [0.1, 0.15) is 0 Å². The molecular weight excluding hydrogens is 422 g/mol. The second-order valence-corrected chi connectivity index (χ2v) is 9.72. The van der Waals surface area contributed by atoms with Gasteiger partial charge in [0.05, 0.1) is 24.7 Å². The molecule has 5 rings (SSSR count). The van der Waals surface area contributed by atoms with E-state index in [9.17, 15) is 4.79 Å². The Bertz CT molecular complexity index is 977. The first kappa shape index (κ1) is 21.5. The molecular formula is C24H31N5O2S. The number of benzene rings is 1. The fourth-order valence-electron chi connectivity index (χ4n) is 4.41. The summed E-state index contributed by atoms with van der Waals surface area (Å²) < 4.78 is 7.61. The Balaban J connectivity index is 1.38. The molecule has 1 aromatic heterocycles. The highest BCUT2D eigenvalue weighted by molar-refractivity contribution is 7.99. The minimum Gasteiger partial charge on any atom is -0.378 e. The molecule has 2 aromatic rings. The van der Waals surface area contributed by atoms with E-state index in [1.54, 1.807) is 0 Å². The lowest BCUT2D eigenvalue weighted by atomic mass is 10.0. The Kier molecular flexibility index (Phi) is 6.50. The van der Waals surface area contributed by atoms with Crippen LogP contribution in [0.3, 0.4) is 0 Å². The van der Waals surface area contributed by atoms with Crippen molar-refractivity contribution in [1.82, 2.24) is 19.7 Å². The number of aromatic nitrogens is 3. The molecule has 0 radical (unpaired) electrons. The summed E-state index contributed by atoms with van der Waals surface area (Å²) in [6.07, 6.45) is 9.03. The first-order valence-electron chi connectivity index (χ1n) is 11.7. The van der Waals surface area contributed by atoms with Gasteiger partial charge >= 0.3 is 0 Å². The quantitative estimate of drug-likeness (QED) is 0.592. The number of carbonyl (C=O) groups is 1. The van der Waals surface area contributed by atoms with E-state index < -0.39 is 0 Å². The third-order valence-corrected chi connectivity index (χ3v) is 7.20. The molecule has 7 nitrogen and oxygen atoms in total. The molecule has 0 spiro atoms. The number of aryl methyl sites for hydroxylation is 1. The number of hydrogen-bond donors (Lipinski definition) is 0. The minimum atomic E-state index is 0.192. The zero-order valence-corrected chi connectivity index (χ0v) is 19.5. The molecule has 170 valence electrons. The van der Waals surface area contributed by atoms with E-state index in [1.807, 2.05) is 0 Å². The van der Waals surface area contributed by atoms with Crippen molar-refractivity contribution in [2.24, 2.45) is 0 Å². The zero-order chi connectivity index (χ0) is 21.9. The van der Waals surface area contributed by atoms with Crippen LogP contribution in [0.1, 0.15) is 44.1 Å². The molecule has 0 bridgehead atoms. The van der Waals surface area contributed by atoms with E-state index in [2.05, 4.69) is 61.8 Å². The average molecular weight is 454 g/mol. The van der Waals surface area contributed by atoms with E-state index >= 15 is 0 Å². The van der Waals surface area contributed by atoms with Gasteiger partial charge in [-0.2, -0.15) is 0 Å². The van der Waals surface area contributed by atoms with Gasteiger partial charge in [0.25, 0.3) is 0 Å². The highest BCUT2D eigenvalue weighted by atomic mass is 32.2. The van der Waals surface area contributed by atoms with Crippen LogP contribution >= 0.6 is 11.8 Å². The van der Waals surface area contributed by atoms with Crippen LogP contribution < -0.4 is 4.90 Å². The van der Waals surface area contributed by atoms with Crippen molar-refractivity contribution in [3.8, 4) is 5.69 Å². The number of amides is 1. The summed E-state index contributed by atoms with van der Waals surface area (Å²) >= 11 is 1.49. The van der Waals surface area contributed by atoms with Gasteiger partial charge in [-0.05, 0) is 57.6 Å². The standard InChI is InChI=1S/C24H31N5O2S/c1-18-7-9-21(10-8-18)29-23(27-13-15-31-16-14-27)25-26-24(29)32-17-22(30)28(20-11-12-20)19-5-3-2-4-6-19/h5,7-10,20H,2-4,6,11-17H2,1H3. The van der Waals surface area contributed by atoms with E-state index in [1.165, 1.54) is 35.9 Å². The van der Waals surface area contributed by atoms with Gasteiger partial charge in [-0.25, -0.2) is 0 Å². The third-order valence-electron chi connectivity index (χ3n) is 6.28. The topological polar surface area (TPSA) is 63.5 Å². The third kappa shape index (κ3) is 4.71. The summed E-state index contributed by atoms with van der Waals surface area (Å²) in [5.41, 5.74) is 3.46. The number of allylic oxidation sites excluding steroid dienone is 2. The number of anilines is 1. The number of thioether (sulfide) groups is 1. The second kappa shape index (κ2) is 9.67. The largest absolute Gasteiger partial charge is 0.378 e. The Morgan fingerprint density at radius 2 is 1.94 bits per heavy atom. The number of rotatable bonds is 7. The Hall–Kier alpha value is -2.32. The summed E-state index contributed by atoms with van der Waals surface area (Å²) in [5.74, 6) is 1.39. The van der Waals surface area contributed by atoms with Crippen molar-refractivity contribution in [3.05, 3.63) is 41.6 Å². The molecule has 1 saturated carbocycles. The second-order valence-electron chi connectivity index (χ2n) is 8.78. The van der Waals surface area contributed by atoms with Crippen molar-refractivity contribution in [1.29, 1.82) is 0 Å². The van der Waals surface area contributed by atoms with Crippen LogP contribution in [0.5, 0.6) is 0 Å². The molecule has 0 N–H and O–H groups in total. The van der Waals surface area contributed by atoms with E-state index in [4.69, 9.17) is 4.74 Å². The van der Waals surface area contributed by atoms with Crippen LogP contribution in [0.2, 0.25) is 0 Å². The van der Waals surface area contributed by atoms with Crippen LogP contribution in [0.4, 0.5) is 5.95 Å². The molecule has 0 atom stereocenters. The predicted molar refractivity (Wildman–Crippen MR) is 126 cm³/mol. The highest BCUT2D eigenvalue weighted by Gasteiger charge is 2.35. The molecule has 32 heavy (non-hydrogen) atoms. The van der Waals surface area contributed by atoms with Crippen molar-refractivity contribution < 1.29 is 9.53 Å². The van der Waals surface area contributed by atoms with Gasteiger partial charge in [0.15, 0.2) is 5.16 Å². The van der Waals surface area contributed by atoms with Gasteiger partial charge in [0.2, 0.25) is 11.9 Å². The number of carbonyl (C=O) groups excluding carboxylic acids is 1. The lowest BCUT2D eigenvalue weighted by Gasteiger charge is -2.28. The molecule has 1 aliphatic heterocycles. The summed E-state index contributed by atoms with van der Waals surface area (Å²) in [5, 5.41) is 9.79. The Morgan fingerprint density at radius 3 is 2.62 bits per heavy atom. The van der Waals surface area contributed by atoms with Gasteiger partial charge in [0, 0.05) is 24.8 Å². The molecule has 2 fully saturated rings. The normalized spacial score (nSPS) is 19.0. The maximum atomic E-state index is 13.3. The average Bonchev–Trinajstić information content (AvgIpc) is 3.57. The van der Waals surface area contributed by atoms with Crippen LogP contribution in [0.25, 0.3) is 5.69 Å².